The number of anilines is 1. The largest absolute Gasteiger partial charge is 0.478 e. The van der Waals surface area contributed by atoms with E-state index in [1.54, 1.807) is 6.92 Å². The molecular formula is C11H13NO5. The number of hydrogen-bond donors (Lipinski definition) is 3. The highest BCUT2D eigenvalue weighted by Crippen LogP contribution is 2.20. The van der Waals surface area contributed by atoms with E-state index in [9.17, 15) is 9.59 Å². The molecule has 0 aliphatic heterocycles. The van der Waals surface area contributed by atoms with Gasteiger partial charge in [0.25, 0.3) is 0 Å². The van der Waals surface area contributed by atoms with Crippen LogP contribution in [-0.4, -0.2) is 35.5 Å². The van der Waals surface area contributed by atoms with Crippen LogP contribution in [0.2, 0.25) is 0 Å². The van der Waals surface area contributed by atoms with Crippen LogP contribution in [0.15, 0.2) is 18.2 Å². The molecule has 0 bridgehead atoms. The van der Waals surface area contributed by atoms with Crippen molar-refractivity contribution >= 4 is 17.6 Å². The molecule has 3 N–H and O–H groups in total. The van der Waals surface area contributed by atoms with Gasteiger partial charge < -0.3 is 20.3 Å². The van der Waals surface area contributed by atoms with Gasteiger partial charge in [-0.2, -0.15) is 0 Å². The van der Waals surface area contributed by atoms with Crippen LogP contribution in [0.25, 0.3) is 0 Å². The Bertz CT molecular complexity index is 430. The number of carboxylic acid groups (broad SMARTS) is 2. The molecule has 17 heavy (non-hydrogen) atoms. The number of rotatable bonds is 6. The van der Waals surface area contributed by atoms with Crippen LogP contribution >= 0.6 is 0 Å². The monoisotopic (exact) mass is 239 g/mol. The van der Waals surface area contributed by atoms with Gasteiger partial charge in [-0.3, -0.25) is 0 Å². The first-order chi connectivity index (χ1) is 8.07. The van der Waals surface area contributed by atoms with E-state index in [-0.39, 0.29) is 23.5 Å². The predicted molar refractivity (Wildman–Crippen MR) is 60.5 cm³/mol. The molecule has 1 rings (SSSR count). The lowest BCUT2D eigenvalue weighted by Crippen LogP contribution is -2.14. The van der Waals surface area contributed by atoms with Crippen LogP contribution in [0.1, 0.15) is 27.6 Å². The Morgan fingerprint density at radius 3 is 2.53 bits per heavy atom. The van der Waals surface area contributed by atoms with Gasteiger partial charge in [0.1, 0.15) is 6.73 Å². The summed E-state index contributed by atoms with van der Waals surface area (Å²) in [5, 5.41) is 20.6. The topological polar surface area (TPSA) is 95.9 Å². The fourth-order valence-corrected chi connectivity index (χ4v) is 1.34. The molecule has 1 aromatic carbocycles. The van der Waals surface area contributed by atoms with Gasteiger partial charge in [0.15, 0.2) is 0 Å². The first-order valence-corrected chi connectivity index (χ1v) is 4.99. The Kier molecular flexibility index (Phi) is 4.47. The van der Waals surface area contributed by atoms with Crippen LogP contribution in [0, 0.1) is 0 Å². The summed E-state index contributed by atoms with van der Waals surface area (Å²) in [5.74, 6) is -2.57. The van der Waals surface area contributed by atoms with Crippen molar-refractivity contribution in [3.05, 3.63) is 29.3 Å². The van der Waals surface area contributed by atoms with E-state index in [2.05, 4.69) is 5.32 Å². The van der Waals surface area contributed by atoms with Gasteiger partial charge in [0.2, 0.25) is 0 Å². The van der Waals surface area contributed by atoms with Crippen LogP contribution in [0.4, 0.5) is 5.69 Å². The van der Waals surface area contributed by atoms with Gasteiger partial charge in [0.05, 0.1) is 16.8 Å². The SMILES string of the molecule is CCOCNc1cccc(C(=O)O)c1C(=O)O. The van der Waals surface area contributed by atoms with Crippen molar-refractivity contribution in [1.29, 1.82) is 0 Å². The van der Waals surface area contributed by atoms with E-state index >= 15 is 0 Å². The van der Waals surface area contributed by atoms with Crippen molar-refractivity contribution in [2.24, 2.45) is 0 Å². The molecule has 1 aromatic rings. The van der Waals surface area contributed by atoms with E-state index in [4.69, 9.17) is 14.9 Å². The number of carboxylic acids is 2. The van der Waals surface area contributed by atoms with E-state index in [1.165, 1.54) is 18.2 Å². The summed E-state index contributed by atoms with van der Waals surface area (Å²) in [5.41, 5.74) is -0.287. The average Bonchev–Trinajstić information content (AvgIpc) is 2.28. The Hall–Kier alpha value is -2.08. The second kappa shape index (κ2) is 5.86. The third-order valence-electron chi connectivity index (χ3n) is 2.08. The maximum Gasteiger partial charge on any atom is 0.338 e. The molecule has 0 unspecified atom stereocenters. The van der Waals surface area contributed by atoms with Crippen molar-refractivity contribution in [1.82, 2.24) is 0 Å². The summed E-state index contributed by atoms with van der Waals surface area (Å²) in [6.07, 6.45) is 0. The van der Waals surface area contributed by atoms with E-state index in [0.717, 1.165) is 0 Å². The minimum atomic E-state index is -1.29. The van der Waals surface area contributed by atoms with Gasteiger partial charge in [0, 0.05) is 6.61 Å². The van der Waals surface area contributed by atoms with Gasteiger partial charge in [-0.1, -0.05) is 6.07 Å². The normalized spacial score (nSPS) is 9.94. The molecule has 0 spiro atoms. The third kappa shape index (κ3) is 3.18. The van der Waals surface area contributed by atoms with Gasteiger partial charge >= 0.3 is 11.9 Å². The lowest BCUT2D eigenvalue weighted by atomic mass is 10.1. The molecule has 0 aliphatic rings. The zero-order valence-corrected chi connectivity index (χ0v) is 9.27. The van der Waals surface area contributed by atoms with Crippen LogP contribution in [0.5, 0.6) is 0 Å². The predicted octanol–water partition coefficient (Wildman–Crippen LogP) is 1.49. The molecule has 0 heterocycles. The number of ether oxygens (including phenoxy) is 1. The third-order valence-corrected chi connectivity index (χ3v) is 2.08. The second-order valence-corrected chi connectivity index (χ2v) is 3.15. The highest BCUT2D eigenvalue weighted by molar-refractivity contribution is 6.05. The molecule has 0 aliphatic carbocycles. The van der Waals surface area contributed by atoms with Crippen LogP contribution in [-0.2, 0) is 4.74 Å². The molecule has 6 nitrogen and oxygen atoms in total. The minimum Gasteiger partial charge on any atom is -0.478 e. The second-order valence-electron chi connectivity index (χ2n) is 3.15. The Labute approximate surface area is 97.8 Å². The fourth-order valence-electron chi connectivity index (χ4n) is 1.34. The molecule has 0 aromatic heterocycles. The first-order valence-electron chi connectivity index (χ1n) is 4.99. The Morgan fingerprint density at radius 1 is 1.29 bits per heavy atom. The summed E-state index contributed by atoms with van der Waals surface area (Å²) in [6, 6.07) is 4.22. The molecule has 6 heteroatoms. The molecule has 92 valence electrons. The summed E-state index contributed by atoms with van der Waals surface area (Å²) in [7, 11) is 0. The summed E-state index contributed by atoms with van der Waals surface area (Å²) in [4.78, 5) is 21.9. The average molecular weight is 239 g/mol. The highest BCUT2D eigenvalue weighted by Gasteiger charge is 2.19. The van der Waals surface area contributed by atoms with Crippen LogP contribution in [0.3, 0.4) is 0 Å². The Morgan fingerprint density at radius 2 is 2.00 bits per heavy atom. The number of benzene rings is 1. The molecule has 0 radical (unpaired) electrons. The van der Waals surface area contributed by atoms with Gasteiger partial charge in [-0.05, 0) is 19.1 Å². The maximum absolute atomic E-state index is 11.0. The fraction of sp³-hybridized carbons (Fsp3) is 0.273. The van der Waals surface area contributed by atoms with Gasteiger partial charge in [-0.15, -0.1) is 0 Å². The summed E-state index contributed by atoms with van der Waals surface area (Å²) < 4.78 is 5.02. The van der Waals surface area contributed by atoms with Crippen molar-refractivity contribution in [2.75, 3.05) is 18.7 Å². The first kappa shape index (κ1) is 13.0. The van der Waals surface area contributed by atoms with Gasteiger partial charge in [-0.25, -0.2) is 9.59 Å². The highest BCUT2D eigenvalue weighted by atomic mass is 16.5. The van der Waals surface area contributed by atoms with Crippen molar-refractivity contribution in [3.63, 3.8) is 0 Å². The Balaban J connectivity index is 3.07. The number of nitrogens with one attached hydrogen (secondary N) is 1. The minimum absolute atomic E-state index is 0.125. The van der Waals surface area contributed by atoms with Crippen LogP contribution < -0.4 is 5.32 Å². The zero-order valence-electron chi connectivity index (χ0n) is 9.27. The molecule has 0 saturated heterocycles. The van der Waals surface area contributed by atoms with Crippen molar-refractivity contribution < 1.29 is 24.5 Å². The molecule has 0 amide bonds. The zero-order chi connectivity index (χ0) is 12.8. The van der Waals surface area contributed by atoms with Crippen molar-refractivity contribution in [2.45, 2.75) is 6.92 Å². The number of carbonyl (C=O) groups is 2. The summed E-state index contributed by atoms with van der Waals surface area (Å²) >= 11 is 0. The smallest absolute Gasteiger partial charge is 0.338 e. The standard InChI is InChI=1S/C11H13NO5/c1-2-17-6-12-8-5-3-4-7(10(13)14)9(8)11(15)16/h3-5,12H,2,6H2,1H3,(H,13,14)(H,15,16). The van der Waals surface area contributed by atoms with E-state index in [0.29, 0.717) is 6.61 Å². The number of aromatic carboxylic acids is 2. The quantitative estimate of drug-likeness (QED) is 0.514. The molecule has 0 fully saturated rings. The summed E-state index contributed by atoms with van der Waals surface area (Å²) in [6.45, 7) is 2.40. The van der Waals surface area contributed by atoms with E-state index in [1.807, 2.05) is 0 Å². The molecular weight excluding hydrogens is 226 g/mol. The molecule has 0 saturated carbocycles. The lowest BCUT2D eigenvalue weighted by Gasteiger charge is -2.11. The maximum atomic E-state index is 11.0. The number of hydrogen-bond acceptors (Lipinski definition) is 4. The van der Waals surface area contributed by atoms with E-state index < -0.39 is 11.9 Å². The van der Waals surface area contributed by atoms with Crippen molar-refractivity contribution in [3.8, 4) is 0 Å². The lowest BCUT2D eigenvalue weighted by molar-refractivity contribution is 0.0652. The molecule has 0 atom stereocenters.